The highest BCUT2D eigenvalue weighted by Crippen LogP contribution is 2.33. The smallest absolute Gasteiger partial charge is 0.338 e. The monoisotopic (exact) mass is 663 g/mol. The minimum absolute atomic E-state index is 0.106. The number of carbonyl (C=O) groups is 2. The van der Waals surface area contributed by atoms with E-state index in [0.717, 1.165) is 29.7 Å². The number of benzene rings is 3. The van der Waals surface area contributed by atoms with Gasteiger partial charge in [-0.3, -0.25) is 4.79 Å². The van der Waals surface area contributed by atoms with Gasteiger partial charge in [0, 0.05) is 22.7 Å². The number of hydrogen-bond acceptors (Lipinski definition) is 7. The summed E-state index contributed by atoms with van der Waals surface area (Å²) in [5.41, 5.74) is 10.2. The van der Waals surface area contributed by atoms with Crippen LogP contribution in [0.5, 0.6) is 0 Å². The van der Waals surface area contributed by atoms with E-state index in [-0.39, 0.29) is 25.6 Å². The van der Waals surface area contributed by atoms with Crippen LogP contribution in [0.15, 0.2) is 59.1 Å². The third kappa shape index (κ3) is 10.2. The number of nitrogens with one attached hydrogen (secondary N) is 2. The number of hydrogen-bond donors (Lipinski definition) is 3. The summed E-state index contributed by atoms with van der Waals surface area (Å²) in [6.45, 7) is 5.33. The van der Waals surface area contributed by atoms with Crippen LogP contribution in [0.2, 0.25) is 10.0 Å². The molecule has 0 aromatic heterocycles. The molecule has 7 nitrogen and oxygen atoms in total. The summed E-state index contributed by atoms with van der Waals surface area (Å²) in [5, 5.41) is 7.59. The lowest BCUT2D eigenvalue weighted by Crippen LogP contribution is -2.25. The topological polar surface area (TPSA) is 103 Å². The summed E-state index contributed by atoms with van der Waals surface area (Å²) in [6.07, 6.45) is 3.17. The minimum Gasteiger partial charge on any atom is -0.465 e. The van der Waals surface area contributed by atoms with Crippen LogP contribution < -0.4 is 16.4 Å². The van der Waals surface area contributed by atoms with Gasteiger partial charge in [0.2, 0.25) is 0 Å². The molecule has 3 rings (SSSR count). The van der Waals surface area contributed by atoms with Gasteiger partial charge in [-0.25, -0.2) is 4.79 Å². The van der Waals surface area contributed by atoms with Gasteiger partial charge >= 0.3 is 11.9 Å². The quantitative estimate of drug-likeness (QED) is 0.0857. The van der Waals surface area contributed by atoms with Gasteiger partial charge in [-0.15, -0.1) is 0 Å². The maximum Gasteiger partial charge on any atom is 0.338 e. The number of rotatable bonds is 15. The Morgan fingerprint density at radius 2 is 1.63 bits per heavy atom. The zero-order chi connectivity index (χ0) is 29.8. The maximum absolute atomic E-state index is 12.6. The molecule has 0 amide bonds. The van der Waals surface area contributed by atoms with Gasteiger partial charge < -0.3 is 25.8 Å². The Morgan fingerprint density at radius 1 is 0.951 bits per heavy atom. The number of unbranched alkanes of at least 4 members (excludes halogenated alkanes) is 2. The summed E-state index contributed by atoms with van der Waals surface area (Å²) in [4.78, 5) is 25.1. The highest BCUT2D eigenvalue weighted by atomic mass is 79.9. The average Bonchev–Trinajstić information content (AvgIpc) is 2.95. The van der Waals surface area contributed by atoms with E-state index in [2.05, 4.69) is 40.4 Å². The van der Waals surface area contributed by atoms with Crippen LogP contribution in [0.3, 0.4) is 0 Å². The third-order valence-corrected chi connectivity index (χ3v) is 7.85. The molecule has 0 heterocycles. The SMILES string of the molecule is CCC(C)NCc1cc(C(=O)OCCCCCOC(=O)Cc2ccccc2Nc2c(Cl)cccc2Cl)cc(Br)c1N. The molecule has 0 aliphatic carbocycles. The molecule has 1 atom stereocenters. The van der Waals surface area contributed by atoms with Crippen LogP contribution in [-0.4, -0.2) is 31.2 Å². The molecule has 0 radical (unpaired) electrons. The second kappa shape index (κ2) is 16.6. The van der Waals surface area contributed by atoms with E-state index in [4.69, 9.17) is 38.4 Å². The van der Waals surface area contributed by atoms with Crippen molar-refractivity contribution in [2.45, 2.75) is 58.5 Å². The Bertz CT molecular complexity index is 1320. The van der Waals surface area contributed by atoms with Crippen LogP contribution in [0.25, 0.3) is 0 Å². The molecule has 0 saturated heterocycles. The molecule has 10 heteroatoms. The molecule has 3 aromatic rings. The van der Waals surface area contributed by atoms with E-state index in [0.29, 0.717) is 56.9 Å². The zero-order valence-electron chi connectivity index (χ0n) is 23.3. The number of ether oxygens (including phenoxy) is 2. The van der Waals surface area contributed by atoms with Crippen molar-refractivity contribution in [1.29, 1.82) is 0 Å². The standard InChI is InChI=1S/C31H36BrCl2N3O4/c1-3-20(2)36-19-23-16-22(17-24(32)29(23)35)31(39)41-15-8-4-7-14-40-28(38)18-21-10-5-6-13-27(21)37-30-25(33)11-9-12-26(30)34/h5-6,9-13,16-17,20,36-37H,3-4,7-8,14-15,18-19,35H2,1-2H3. The number of esters is 2. The van der Waals surface area contributed by atoms with E-state index in [9.17, 15) is 9.59 Å². The minimum atomic E-state index is -0.396. The number of para-hydroxylation sites is 2. The fraction of sp³-hybridized carbons (Fsp3) is 0.355. The van der Waals surface area contributed by atoms with Gasteiger partial charge in [0.15, 0.2) is 0 Å². The Kier molecular flexibility index (Phi) is 13.3. The van der Waals surface area contributed by atoms with Gasteiger partial charge in [0.25, 0.3) is 0 Å². The van der Waals surface area contributed by atoms with Crippen LogP contribution in [0, 0.1) is 0 Å². The van der Waals surface area contributed by atoms with Gasteiger partial charge in [-0.1, -0.05) is 54.4 Å². The second-order valence-corrected chi connectivity index (χ2v) is 11.4. The first-order chi connectivity index (χ1) is 19.7. The average molecular weight is 665 g/mol. The molecule has 0 fully saturated rings. The lowest BCUT2D eigenvalue weighted by molar-refractivity contribution is -0.142. The van der Waals surface area contributed by atoms with Crippen molar-refractivity contribution in [1.82, 2.24) is 5.32 Å². The predicted molar refractivity (Wildman–Crippen MR) is 170 cm³/mol. The van der Waals surface area contributed by atoms with Crippen LogP contribution >= 0.6 is 39.1 Å². The fourth-order valence-electron chi connectivity index (χ4n) is 3.94. The molecule has 0 aliphatic rings. The normalized spacial score (nSPS) is 11.6. The molecule has 0 saturated carbocycles. The Labute approximate surface area is 260 Å². The van der Waals surface area contributed by atoms with Gasteiger partial charge in [-0.2, -0.15) is 0 Å². The lowest BCUT2D eigenvalue weighted by atomic mass is 10.1. The Morgan fingerprint density at radius 3 is 2.34 bits per heavy atom. The molecule has 4 N–H and O–H groups in total. The molecule has 220 valence electrons. The first kappa shape index (κ1) is 32.7. The first-order valence-corrected chi connectivity index (χ1v) is 15.2. The Balaban J connectivity index is 1.39. The lowest BCUT2D eigenvalue weighted by Gasteiger charge is -2.15. The maximum atomic E-state index is 12.6. The van der Waals surface area contributed by atoms with Crippen molar-refractivity contribution in [2.75, 3.05) is 24.3 Å². The van der Waals surface area contributed by atoms with Crippen molar-refractivity contribution < 1.29 is 19.1 Å². The highest BCUT2D eigenvalue weighted by molar-refractivity contribution is 9.10. The zero-order valence-corrected chi connectivity index (χ0v) is 26.4. The summed E-state index contributed by atoms with van der Waals surface area (Å²) >= 11 is 16.0. The molecule has 0 bridgehead atoms. The molecule has 1 unspecified atom stereocenters. The number of anilines is 3. The van der Waals surface area contributed by atoms with E-state index in [1.807, 2.05) is 24.3 Å². The molecular formula is C31H36BrCl2N3O4. The van der Waals surface area contributed by atoms with Crippen LogP contribution in [0.1, 0.15) is 61.0 Å². The van der Waals surface area contributed by atoms with E-state index in [1.165, 1.54) is 0 Å². The van der Waals surface area contributed by atoms with Gasteiger partial charge in [0.05, 0.1) is 46.6 Å². The molecule has 41 heavy (non-hydrogen) atoms. The van der Waals surface area contributed by atoms with E-state index in [1.54, 1.807) is 30.3 Å². The summed E-state index contributed by atoms with van der Waals surface area (Å²) < 4.78 is 11.6. The molecular weight excluding hydrogens is 629 g/mol. The van der Waals surface area contributed by atoms with Crippen LogP contribution in [0.4, 0.5) is 17.1 Å². The first-order valence-electron chi connectivity index (χ1n) is 13.6. The van der Waals surface area contributed by atoms with Crippen molar-refractivity contribution in [2.24, 2.45) is 0 Å². The fourth-order valence-corrected chi connectivity index (χ4v) is 4.93. The summed E-state index contributed by atoms with van der Waals surface area (Å²) in [7, 11) is 0. The molecule has 3 aromatic carbocycles. The Hall–Kier alpha value is -2.78. The number of nitrogen functional groups attached to an aromatic ring is 1. The summed E-state index contributed by atoms with van der Waals surface area (Å²) in [5.74, 6) is -0.726. The third-order valence-electron chi connectivity index (χ3n) is 6.56. The van der Waals surface area contributed by atoms with Crippen LogP contribution in [-0.2, 0) is 27.2 Å². The predicted octanol–water partition coefficient (Wildman–Crippen LogP) is 8.08. The van der Waals surface area contributed by atoms with E-state index >= 15 is 0 Å². The molecule has 0 aliphatic heterocycles. The number of nitrogens with two attached hydrogens (primary N) is 1. The van der Waals surface area contributed by atoms with Crippen molar-refractivity contribution >= 4 is 68.1 Å². The van der Waals surface area contributed by atoms with Gasteiger partial charge in [0.1, 0.15) is 0 Å². The van der Waals surface area contributed by atoms with Crippen molar-refractivity contribution in [3.05, 3.63) is 85.8 Å². The largest absolute Gasteiger partial charge is 0.465 e. The van der Waals surface area contributed by atoms with Gasteiger partial charge in [-0.05, 0) is 90.0 Å². The molecule has 0 spiro atoms. The van der Waals surface area contributed by atoms with Crippen molar-refractivity contribution in [3.63, 3.8) is 0 Å². The number of carbonyl (C=O) groups excluding carboxylic acids is 2. The number of halogens is 3. The summed E-state index contributed by atoms with van der Waals surface area (Å²) in [6, 6.07) is 16.5. The second-order valence-electron chi connectivity index (χ2n) is 9.69. The van der Waals surface area contributed by atoms with E-state index < -0.39 is 5.97 Å². The highest BCUT2D eigenvalue weighted by Gasteiger charge is 2.15. The van der Waals surface area contributed by atoms with Crippen molar-refractivity contribution in [3.8, 4) is 0 Å².